The van der Waals surface area contributed by atoms with Gasteiger partial charge >= 0.3 is 12.4 Å². The molecule has 6 nitrogen and oxygen atoms in total. The standard InChI is InChI=1S/C27H20F6N4O2/c1-35(2)8-9-36-24(38)20-5-3-4-19-22(7-6-21(23(19)20)25(36)39)37-14-16(13-34-37)15-10-17(26(28,29)30)12-18(11-15)27(31,32)33/h3-7,10-14H,8-9H2,1-2H3. The molecule has 0 radical (unpaired) electrons. The number of aromatic nitrogens is 2. The molecule has 0 fully saturated rings. The van der Waals surface area contributed by atoms with Crippen LogP contribution in [-0.2, 0) is 12.4 Å². The monoisotopic (exact) mass is 546 g/mol. The average Bonchev–Trinajstić information content (AvgIpc) is 3.35. The lowest BCUT2D eigenvalue weighted by molar-refractivity contribution is -0.143. The molecule has 0 aliphatic carbocycles. The molecule has 5 rings (SSSR count). The van der Waals surface area contributed by atoms with Crippen molar-refractivity contribution in [2.24, 2.45) is 0 Å². The van der Waals surface area contributed by atoms with E-state index in [0.29, 0.717) is 46.3 Å². The van der Waals surface area contributed by atoms with E-state index in [2.05, 4.69) is 5.10 Å². The number of alkyl halides is 6. The van der Waals surface area contributed by atoms with Crippen LogP contribution >= 0.6 is 0 Å². The van der Waals surface area contributed by atoms with Gasteiger partial charge in [-0.25, -0.2) is 4.68 Å². The molecule has 1 aliphatic heterocycles. The van der Waals surface area contributed by atoms with Crippen LogP contribution in [0.2, 0.25) is 0 Å². The molecule has 202 valence electrons. The summed E-state index contributed by atoms with van der Waals surface area (Å²) in [4.78, 5) is 29.4. The second kappa shape index (κ2) is 9.23. The SMILES string of the molecule is CN(C)CCN1C(=O)c2cccc3c(-n4cc(-c5cc(C(F)(F)F)cc(C(F)(F)F)c5)cn4)ccc(c23)C1=O. The Morgan fingerprint density at radius 3 is 2.03 bits per heavy atom. The molecule has 1 aliphatic rings. The van der Waals surface area contributed by atoms with Gasteiger partial charge in [0.25, 0.3) is 11.8 Å². The number of carbonyl (C=O) groups is 2. The zero-order chi connectivity index (χ0) is 28.3. The quantitative estimate of drug-likeness (QED) is 0.232. The van der Waals surface area contributed by atoms with E-state index >= 15 is 0 Å². The second-order valence-electron chi connectivity index (χ2n) is 9.39. The van der Waals surface area contributed by atoms with Crippen molar-refractivity contribution < 1.29 is 35.9 Å². The van der Waals surface area contributed by atoms with E-state index in [9.17, 15) is 35.9 Å². The van der Waals surface area contributed by atoms with Crippen LogP contribution in [0.3, 0.4) is 0 Å². The molecule has 3 aromatic carbocycles. The third-order valence-electron chi connectivity index (χ3n) is 6.49. The van der Waals surface area contributed by atoms with E-state index in [-0.39, 0.29) is 23.7 Å². The molecule has 0 saturated carbocycles. The van der Waals surface area contributed by atoms with Crippen LogP contribution in [0.1, 0.15) is 31.8 Å². The van der Waals surface area contributed by atoms with Crippen molar-refractivity contribution in [3.05, 3.63) is 83.2 Å². The second-order valence-corrected chi connectivity index (χ2v) is 9.39. The van der Waals surface area contributed by atoms with Gasteiger partial charge in [0, 0.05) is 46.7 Å². The summed E-state index contributed by atoms with van der Waals surface area (Å²) in [6.07, 6.45) is -7.51. The van der Waals surface area contributed by atoms with Crippen molar-refractivity contribution in [2.75, 3.05) is 27.2 Å². The van der Waals surface area contributed by atoms with Gasteiger partial charge in [0.1, 0.15) is 0 Å². The topological polar surface area (TPSA) is 58.4 Å². The smallest absolute Gasteiger partial charge is 0.308 e. The number of nitrogens with zero attached hydrogens (tertiary/aromatic N) is 4. The van der Waals surface area contributed by atoms with Crippen LogP contribution in [0.15, 0.2) is 60.9 Å². The lowest BCUT2D eigenvalue weighted by Crippen LogP contribution is -2.43. The predicted octanol–water partition coefficient (Wildman–Crippen LogP) is 5.89. The Morgan fingerprint density at radius 1 is 0.821 bits per heavy atom. The summed E-state index contributed by atoms with van der Waals surface area (Å²) in [5.74, 6) is -0.913. The number of carbonyl (C=O) groups excluding carboxylic acids is 2. The molecular weight excluding hydrogens is 526 g/mol. The Morgan fingerprint density at radius 2 is 1.44 bits per heavy atom. The number of likely N-dealkylation sites (N-methyl/N-ethyl adjacent to an activating group) is 1. The van der Waals surface area contributed by atoms with Gasteiger partial charge in [0.05, 0.1) is 23.0 Å². The number of halogens is 6. The van der Waals surface area contributed by atoms with E-state index in [4.69, 9.17) is 0 Å². The highest BCUT2D eigenvalue weighted by molar-refractivity contribution is 6.26. The summed E-state index contributed by atoms with van der Waals surface area (Å²) in [6.45, 7) is 0.671. The normalized spacial score (nSPS) is 14.1. The summed E-state index contributed by atoms with van der Waals surface area (Å²) in [5, 5.41) is 5.05. The largest absolute Gasteiger partial charge is 0.416 e. The minimum Gasteiger partial charge on any atom is -0.308 e. The van der Waals surface area contributed by atoms with E-state index in [1.807, 2.05) is 19.0 Å². The van der Waals surface area contributed by atoms with Crippen molar-refractivity contribution in [2.45, 2.75) is 12.4 Å². The van der Waals surface area contributed by atoms with Gasteiger partial charge in [0.2, 0.25) is 0 Å². The maximum absolute atomic E-state index is 13.3. The minimum absolute atomic E-state index is 0.0223. The minimum atomic E-state index is -4.98. The van der Waals surface area contributed by atoms with Gasteiger partial charge in [-0.3, -0.25) is 14.5 Å². The van der Waals surface area contributed by atoms with Gasteiger partial charge in [-0.1, -0.05) is 12.1 Å². The first-order valence-electron chi connectivity index (χ1n) is 11.7. The van der Waals surface area contributed by atoms with E-state index in [0.717, 1.165) is 6.20 Å². The van der Waals surface area contributed by atoms with Gasteiger partial charge in [-0.05, 0) is 56.1 Å². The van der Waals surface area contributed by atoms with E-state index < -0.39 is 35.3 Å². The number of imide groups is 1. The molecule has 0 spiro atoms. The fourth-order valence-corrected chi connectivity index (χ4v) is 4.56. The summed E-state index contributed by atoms with van der Waals surface area (Å²) in [5.41, 5.74) is -2.14. The maximum Gasteiger partial charge on any atom is 0.416 e. The Bertz CT molecular complexity index is 1570. The highest BCUT2D eigenvalue weighted by Gasteiger charge is 2.37. The van der Waals surface area contributed by atoms with Crippen LogP contribution in [-0.4, -0.2) is 58.6 Å². The number of benzene rings is 3. The number of hydrogen-bond donors (Lipinski definition) is 0. The first-order valence-corrected chi connectivity index (χ1v) is 11.7. The molecule has 0 bridgehead atoms. The maximum atomic E-state index is 13.3. The molecule has 0 N–H and O–H groups in total. The molecule has 39 heavy (non-hydrogen) atoms. The molecule has 1 aromatic heterocycles. The number of amides is 2. The zero-order valence-corrected chi connectivity index (χ0v) is 20.6. The fourth-order valence-electron chi connectivity index (χ4n) is 4.56. The Hall–Kier alpha value is -4.19. The molecule has 0 atom stereocenters. The Balaban J connectivity index is 1.60. The van der Waals surface area contributed by atoms with Crippen molar-refractivity contribution in [3.63, 3.8) is 0 Å². The van der Waals surface area contributed by atoms with Crippen LogP contribution < -0.4 is 0 Å². The van der Waals surface area contributed by atoms with Gasteiger partial charge in [0.15, 0.2) is 0 Å². The number of hydrogen-bond acceptors (Lipinski definition) is 4. The van der Waals surface area contributed by atoms with Crippen LogP contribution in [0.5, 0.6) is 0 Å². The Labute approximate surface area is 218 Å². The summed E-state index contributed by atoms with van der Waals surface area (Å²) in [6, 6.07) is 9.34. The summed E-state index contributed by atoms with van der Waals surface area (Å²) >= 11 is 0. The third kappa shape index (κ3) is 4.76. The van der Waals surface area contributed by atoms with Crippen molar-refractivity contribution in [1.29, 1.82) is 0 Å². The molecule has 0 saturated heterocycles. The fraction of sp³-hybridized carbons (Fsp3) is 0.222. The number of rotatable bonds is 5. The van der Waals surface area contributed by atoms with Gasteiger partial charge in [-0.2, -0.15) is 31.4 Å². The lowest BCUT2D eigenvalue weighted by atomic mass is 9.93. The molecule has 0 unspecified atom stereocenters. The summed E-state index contributed by atoms with van der Waals surface area (Å²) < 4.78 is 81.3. The van der Waals surface area contributed by atoms with Gasteiger partial charge < -0.3 is 4.90 Å². The summed E-state index contributed by atoms with van der Waals surface area (Å²) in [7, 11) is 3.64. The van der Waals surface area contributed by atoms with E-state index in [1.165, 1.54) is 21.8 Å². The first-order chi connectivity index (χ1) is 18.3. The highest BCUT2D eigenvalue weighted by Crippen LogP contribution is 2.39. The lowest BCUT2D eigenvalue weighted by Gasteiger charge is -2.28. The van der Waals surface area contributed by atoms with Crippen LogP contribution in [0.25, 0.3) is 27.6 Å². The third-order valence-corrected chi connectivity index (χ3v) is 6.49. The highest BCUT2D eigenvalue weighted by atomic mass is 19.4. The Kier molecular flexibility index (Phi) is 6.25. The molecule has 2 heterocycles. The average molecular weight is 546 g/mol. The van der Waals surface area contributed by atoms with Gasteiger partial charge in [-0.15, -0.1) is 0 Å². The molecule has 12 heteroatoms. The van der Waals surface area contributed by atoms with E-state index in [1.54, 1.807) is 24.3 Å². The van der Waals surface area contributed by atoms with Crippen molar-refractivity contribution in [1.82, 2.24) is 19.6 Å². The van der Waals surface area contributed by atoms with Crippen molar-refractivity contribution >= 4 is 22.6 Å². The predicted molar refractivity (Wildman–Crippen MR) is 130 cm³/mol. The van der Waals surface area contributed by atoms with Crippen molar-refractivity contribution in [3.8, 4) is 16.8 Å². The molecule has 4 aromatic rings. The molecule has 2 amide bonds. The zero-order valence-electron chi connectivity index (χ0n) is 20.6. The first kappa shape index (κ1) is 26.4. The molecular formula is C27H20F6N4O2. The van der Waals surface area contributed by atoms with Crippen LogP contribution in [0.4, 0.5) is 26.3 Å². The van der Waals surface area contributed by atoms with Crippen LogP contribution in [0, 0.1) is 0 Å².